The molecule has 0 saturated carbocycles. The monoisotopic (exact) mass is 354 g/mol. The van der Waals surface area contributed by atoms with Crippen LogP contribution in [0.5, 0.6) is 0 Å². The molecule has 7 nitrogen and oxygen atoms in total. The van der Waals surface area contributed by atoms with Gasteiger partial charge in [-0.2, -0.15) is 4.72 Å². The van der Waals surface area contributed by atoms with Crippen LogP contribution in [0.15, 0.2) is 29.2 Å². The fourth-order valence-electron chi connectivity index (χ4n) is 2.65. The Balaban J connectivity index is 2.16. The summed E-state index contributed by atoms with van der Waals surface area (Å²) in [6.07, 6.45) is 1.49. The number of carbonyl (C=O) groups is 2. The fourth-order valence-corrected chi connectivity index (χ4v) is 3.85. The van der Waals surface area contributed by atoms with Crippen molar-refractivity contribution in [3.63, 3.8) is 0 Å². The van der Waals surface area contributed by atoms with Crippen molar-refractivity contribution in [3.05, 3.63) is 24.3 Å². The summed E-state index contributed by atoms with van der Waals surface area (Å²) in [6, 6.07) is 4.73. The van der Waals surface area contributed by atoms with Crippen LogP contribution in [0.3, 0.4) is 0 Å². The molecule has 0 aromatic heterocycles. The first kappa shape index (κ1) is 18.4. The van der Waals surface area contributed by atoms with Crippen LogP contribution < -0.4 is 9.62 Å². The molecule has 132 valence electrons. The maximum Gasteiger partial charge on any atom is 0.321 e. The number of anilines is 1. The quantitative estimate of drug-likeness (QED) is 0.774. The summed E-state index contributed by atoms with van der Waals surface area (Å²) in [5.41, 5.74) is 0.647. The summed E-state index contributed by atoms with van der Waals surface area (Å²) in [7, 11) is -3.94. The summed E-state index contributed by atoms with van der Waals surface area (Å²) in [5, 5.41) is 9.18. The van der Waals surface area contributed by atoms with Gasteiger partial charge in [-0.15, -0.1) is 0 Å². The number of hydrogen-bond donors (Lipinski definition) is 2. The van der Waals surface area contributed by atoms with Crippen molar-refractivity contribution in [3.8, 4) is 0 Å². The van der Waals surface area contributed by atoms with Gasteiger partial charge in [0.25, 0.3) is 0 Å². The Morgan fingerprint density at radius 1 is 1.29 bits per heavy atom. The van der Waals surface area contributed by atoms with Crippen LogP contribution in [-0.2, 0) is 19.6 Å². The molecule has 2 N–H and O–H groups in total. The average molecular weight is 354 g/mol. The molecular formula is C16H22N2O5S. The summed E-state index contributed by atoms with van der Waals surface area (Å²) in [6.45, 7) is 4.27. The second-order valence-electron chi connectivity index (χ2n) is 6.28. The highest BCUT2D eigenvalue weighted by atomic mass is 32.2. The van der Waals surface area contributed by atoms with Crippen molar-refractivity contribution in [1.82, 2.24) is 4.72 Å². The van der Waals surface area contributed by atoms with E-state index in [0.717, 1.165) is 6.42 Å². The molecule has 2 rings (SSSR count). The molecule has 1 aliphatic rings. The minimum absolute atomic E-state index is 0.0200. The SMILES string of the molecule is CC(C)C[C@@H](NS(=O)(=O)c1ccc(N2CCCC2=O)cc1)C(=O)O. The van der Waals surface area contributed by atoms with E-state index in [2.05, 4.69) is 4.72 Å². The van der Waals surface area contributed by atoms with Gasteiger partial charge in [-0.3, -0.25) is 9.59 Å². The Morgan fingerprint density at radius 2 is 1.92 bits per heavy atom. The molecular weight excluding hydrogens is 332 g/mol. The highest BCUT2D eigenvalue weighted by Crippen LogP contribution is 2.23. The number of rotatable bonds is 7. The maximum absolute atomic E-state index is 12.4. The average Bonchev–Trinajstić information content (AvgIpc) is 2.92. The van der Waals surface area contributed by atoms with Crippen LogP contribution in [0.2, 0.25) is 0 Å². The Bertz CT molecular complexity index is 712. The molecule has 1 fully saturated rings. The molecule has 1 heterocycles. The van der Waals surface area contributed by atoms with E-state index in [-0.39, 0.29) is 23.1 Å². The standard InChI is InChI=1S/C16H22N2O5S/c1-11(2)10-14(16(20)21)17-24(22,23)13-7-5-12(6-8-13)18-9-3-4-15(18)19/h5-8,11,14,17H,3-4,9-10H2,1-2H3,(H,20,21)/t14-/m1/s1. The Kier molecular flexibility index (Phi) is 5.61. The predicted molar refractivity (Wildman–Crippen MR) is 89.2 cm³/mol. The Morgan fingerprint density at radius 3 is 2.38 bits per heavy atom. The largest absolute Gasteiger partial charge is 0.480 e. The van der Waals surface area contributed by atoms with Gasteiger partial charge in [-0.25, -0.2) is 8.42 Å². The number of aliphatic carboxylic acids is 1. The maximum atomic E-state index is 12.4. The minimum atomic E-state index is -3.94. The topological polar surface area (TPSA) is 104 Å². The first-order valence-corrected chi connectivity index (χ1v) is 9.34. The van der Waals surface area contributed by atoms with Crippen molar-refractivity contribution in [2.75, 3.05) is 11.4 Å². The molecule has 0 aliphatic carbocycles. The lowest BCUT2D eigenvalue weighted by molar-refractivity contribution is -0.139. The molecule has 0 unspecified atom stereocenters. The first-order valence-electron chi connectivity index (χ1n) is 7.86. The molecule has 1 atom stereocenters. The highest BCUT2D eigenvalue weighted by molar-refractivity contribution is 7.89. The van der Waals surface area contributed by atoms with Gasteiger partial charge in [-0.05, 0) is 43.0 Å². The van der Waals surface area contributed by atoms with Gasteiger partial charge in [-0.1, -0.05) is 13.8 Å². The van der Waals surface area contributed by atoms with Gasteiger partial charge in [0.05, 0.1) is 4.90 Å². The van der Waals surface area contributed by atoms with E-state index in [1.54, 1.807) is 17.0 Å². The van der Waals surface area contributed by atoms with Crippen LogP contribution in [0.25, 0.3) is 0 Å². The highest BCUT2D eigenvalue weighted by Gasteiger charge is 2.27. The number of hydrogen-bond acceptors (Lipinski definition) is 4. The molecule has 1 saturated heterocycles. The minimum Gasteiger partial charge on any atom is -0.480 e. The fraction of sp³-hybridized carbons (Fsp3) is 0.500. The van der Waals surface area contributed by atoms with Crippen LogP contribution in [0, 0.1) is 5.92 Å². The number of carbonyl (C=O) groups excluding carboxylic acids is 1. The van der Waals surface area contributed by atoms with Gasteiger partial charge in [0, 0.05) is 18.7 Å². The number of amides is 1. The van der Waals surface area contributed by atoms with Crippen molar-refractivity contribution in [2.24, 2.45) is 5.92 Å². The van der Waals surface area contributed by atoms with Crippen molar-refractivity contribution < 1.29 is 23.1 Å². The van der Waals surface area contributed by atoms with Gasteiger partial charge >= 0.3 is 5.97 Å². The van der Waals surface area contributed by atoms with E-state index >= 15 is 0 Å². The zero-order valence-corrected chi connectivity index (χ0v) is 14.5. The van der Waals surface area contributed by atoms with Crippen molar-refractivity contribution in [2.45, 2.75) is 44.0 Å². The van der Waals surface area contributed by atoms with Gasteiger partial charge in [0.2, 0.25) is 15.9 Å². The van der Waals surface area contributed by atoms with Gasteiger partial charge in [0.1, 0.15) is 6.04 Å². The van der Waals surface area contributed by atoms with E-state index in [9.17, 15) is 23.1 Å². The molecule has 1 amide bonds. The smallest absolute Gasteiger partial charge is 0.321 e. The normalized spacial score (nSPS) is 16.6. The van der Waals surface area contributed by atoms with E-state index in [4.69, 9.17) is 0 Å². The van der Waals surface area contributed by atoms with Crippen LogP contribution in [0.4, 0.5) is 5.69 Å². The lowest BCUT2D eigenvalue weighted by Gasteiger charge is -2.18. The molecule has 1 aromatic carbocycles. The summed E-state index contributed by atoms with van der Waals surface area (Å²) >= 11 is 0. The van der Waals surface area contributed by atoms with Gasteiger partial charge < -0.3 is 10.0 Å². The molecule has 24 heavy (non-hydrogen) atoms. The number of nitrogens with zero attached hydrogens (tertiary/aromatic N) is 1. The molecule has 1 aromatic rings. The van der Waals surface area contributed by atoms with Crippen LogP contribution in [0.1, 0.15) is 33.1 Å². The lowest BCUT2D eigenvalue weighted by Crippen LogP contribution is -2.41. The third kappa shape index (κ3) is 4.33. The predicted octanol–water partition coefficient (Wildman–Crippen LogP) is 1.59. The Hall–Kier alpha value is -1.93. The molecule has 0 spiro atoms. The second kappa shape index (κ2) is 7.31. The zero-order valence-electron chi connectivity index (χ0n) is 13.7. The second-order valence-corrected chi connectivity index (χ2v) is 8.00. The summed E-state index contributed by atoms with van der Waals surface area (Å²) in [4.78, 5) is 24.5. The van der Waals surface area contributed by atoms with Crippen molar-refractivity contribution >= 4 is 27.6 Å². The van der Waals surface area contributed by atoms with Crippen LogP contribution >= 0.6 is 0 Å². The summed E-state index contributed by atoms with van der Waals surface area (Å²) in [5.74, 6) is -1.14. The molecule has 1 aliphatic heterocycles. The first-order chi connectivity index (χ1) is 11.2. The van der Waals surface area contributed by atoms with E-state index in [0.29, 0.717) is 18.7 Å². The number of carboxylic acid groups (broad SMARTS) is 1. The van der Waals surface area contributed by atoms with Gasteiger partial charge in [0.15, 0.2) is 0 Å². The number of nitrogens with one attached hydrogen (secondary N) is 1. The lowest BCUT2D eigenvalue weighted by atomic mass is 10.1. The van der Waals surface area contributed by atoms with E-state index in [1.165, 1.54) is 12.1 Å². The van der Waals surface area contributed by atoms with E-state index in [1.807, 2.05) is 13.8 Å². The number of sulfonamides is 1. The number of benzene rings is 1. The summed E-state index contributed by atoms with van der Waals surface area (Å²) < 4.78 is 27.0. The van der Waals surface area contributed by atoms with E-state index < -0.39 is 22.0 Å². The third-order valence-electron chi connectivity index (χ3n) is 3.83. The Labute approximate surface area is 141 Å². The number of carboxylic acids is 1. The van der Waals surface area contributed by atoms with Crippen molar-refractivity contribution in [1.29, 1.82) is 0 Å². The molecule has 0 radical (unpaired) electrons. The molecule has 8 heteroatoms. The third-order valence-corrected chi connectivity index (χ3v) is 5.32. The van der Waals surface area contributed by atoms with Crippen LogP contribution in [-0.4, -0.2) is 38.0 Å². The molecule has 0 bridgehead atoms. The zero-order chi connectivity index (χ0) is 17.9.